The number of carbonyl (C=O) groups excluding carboxylic acids is 1. The molecule has 0 unspecified atom stereocenters. The molecule has 2 aromatic carbocycles. The van der Waals surface area contributed by atoms with Crippen LogP contribution in [-0.4, -0.2) is 23.6 Å². The van der Waals surface area contributed by atoms with Crippen molar-refractivity contribution < 1.29 is 9.53 Å². The van der Waals surface area contributed by atoms with Gasteiger partial charge in [0.2, 0.25) is 0 Å². The van der Waals surface area contributed by atoms with Crippen molar-refractivity contribution in [3.05, 3.63) is 54.6 Å². The molecule has 0 bridgehead atoms. The Morgan fingerprint density at radius 3 is 2.62 bits per heavy atom. The van der Waals surface area contributed by atoms with E-state index in [1.54, 1.807) is 25.8 Å². The first-order valence-corrected chi connectivity index (χ1v) is 8.82. The molecular formula is C20H19NO2S. The van der Waals surface area contributed by atoms with Gasteiger partial charge in [0.05, 0.1) is 17.7 Å². The van der Waals surface area contributed by atoms with Crippen molar-refractivity contribution in [2.45, 2.75) is 18.4 Å². The van der Waals surface area contributed by atoms with Crippen LogP contribution in [0.1, 0.15) is 13.3 Å². The number of thioether (sulfide) groups is 1. The number of carbonyl (C=O) groups is 1. The molecule has 0 amide bonds. The number of benzene rings is 2. The number of aromatic nitrogens is 1. The third-order valence-corrected chi connectivity index (χ3v) is 4.70. The van der Waals surface area contributed by atoms with Crippen molar-refractivity contribution in [2.75, 3.05) is 12.9 Å². The van der Waals surface area contributed by atoms with Crippen molar-refractivity contribution in [2.24, 2.45) is 0 Å². The molecule has 1 aromatic heterocycles. The number of Topliss-reactive ketones (excluding diaryl/α,β-unsaturated/α-hetero) is 1. The molecule has 0 N–H and O–H groups in total. The van der Waals surface area contributed by atoms with Gasteiger partial charge in [-0.1, -0.05) is 30.3 Å². The third-order valence-electron chi connectivity index (χ3n) is 3.78. The number of ketones is 1. The van der Waals surface area contributed by atoms with Crippen molar-refractivity contribution in [3.63, 3.8) is 0 Å². The smallest absolute Gasteiger partial charge is 0.130 e. The largest absolute Gasteiger partial charge is 0.497 e. The predicted octanol–water partition coefficient (Wildman–Crippen LogP) is 4.98. The summed E-state index contributed by atoms with van der Waals surface area (Å²) in [4.78, 5) is 15.9. The van der Waals surface area contributed by atoms with E-state index in [4.69, 9.17) is 9.72 Å². The van der Waals surface area contributed by atoms with Gasteiger partial charge in [-0.15, -0.1) is 11.8 Å². The zero-order valence-corrected chi connectivity index (χ0v) is 14.6. The minimum absolute atomic E-state index is 0.202. The van der Waals surface area contributed by atoms with Crippen LogP contribution in [0.15, 0.2) is 59.6 Å². The van der Waals surface area contributed by atoms with Crippen molar-refractivity contribution in [1.29, 1.82) is 0 Å². The van der Waals surface area contributed by atoms with Gasteiger partial charge in [-0.3, -0.25) is 4.79 Å². The van der Waals surface area contributed by atoms with Gasteiger partial charge in [0.25, 0.3) is 0 Å². The normalized spacial score (nSPS) is 10.8. The lowest BCUT2D eigenvalue weighted by Gasteiger charge is -2.11. The summed E-state index contributed by atoms with van der Waals surface area (Å²) in [5.41, 5.74) is 3.21. The molecule has 0 radical (unpaired) electrons. The van der Waals surface area contributed by atoms with Gasteiger partial charge in [-0.25, -0.2) is 4.98 Å². The van der Waals surface area contributed by atoms with Crippen LogP contribution in [0.4, 0.5) is 0 Å². The number of fused-ring (bicyclic) bond motifs is 1. The number of methoxy groups -OCH3 is 1. The zero-order chi connectivity index (χ0) is 16.9. The Hall–Kier alpha value is -2.33. The SMILES string of the molecule is COc1ccc2c(-c3ccccc3)cc(SCCC(C)=O)nc2c1. The highest BCUT2D eigenvalue weighted by Gasteiger charge is 2.10. The van der Waals surface area contributed by atoms with Gasteiger partial charge in [0, 0.05) is 23.6 Å². The van der Waals surface area contributed by atoms with E-state index in [-0.39, 0.29) is 5.78 Å². The molecule has 0 saturated heterocycles. The standard InChI is InChI=1S/C20H19NO2S/c1-14(22)10-11-24-20-13-18(15-6-4-3-5-7-15)17-9-8-16(23-2)12-19(17)21-20/h3-9,12-13H,10-11H2,1-2H3. The Labute approximate surface area is 146 Å². The molecule has 0 saturated carbocycles. The lowest BCUT2D eigenvalue weighted by molar-refractivity contribution is -0.116. The highest BCUT2D eigenvalue weighted by atomic mass is 32.2. The summed E-state index contributed by atoms with van der Waals surface area (Å²) < 4.78 is 5.33. The van der Waals surface area contributed by atoms with E-state index >= 15 is 0 Å². The summed E-state index contributed by atoms with van der Waals surface area (Å²) in [6.45, 7) is 1.62. The lowest BCUT2D eigenvalue weighted by atomic mass is 10.0. The summed E-state index contributed by atoms with van der Waals surface area (Å²) in [7, 11) is 1.66. The average Bonchev–Trinajstić information content (AvgIpc) is 2.61. The Morgan fingerprint density at radius 1 is 1.12 bits per heavy atom. The third kappa shape index (κ3) is 3.77. The Balaban J connectivity index is 2.07. The van der Waals surface area contributed by atoms with Crippen LogP contribution in [0, 0.1) is 0 Å². The second-order valence-electron chi connectivity index (χ2n) is 5.56. The van der Waals surface area contributed by atoms with Crippen LogP contribution >= 0.6 is 11.8 Å². The molecule has 122 valence electrons. The van der Waals surface area contributed by atoms with E-state index in [2.05, 4.69) is 18.2 Å². The molecular weight excluding hydrogens is 318 g/mol. The average molecular weight is 337 g/mol. The van der Waals surface area contributed by atoms with Crippen molar-refractivity contribution in [3.8, 4) is 16.9 Å². The fraction of sp³-hybridized carbons (Fsp3) is 0.200. The fourth-order valence-corrected chi connectivity index (χ4v) is 3.50. The highest BCUT2D eigenvalue weighted by molar-refractivity contribution is 7.99. The zero-order valence-electron chi connectivity index (χ0n) is 13.8. The minimum atomic E-state index is 0.202. The van der Waals surface area contributed by atoms with E-state index < -0.39 is 0 Å². The Kier molecular flexibility index (Phi) is 5.16. The van der Waals surface area contributed by atoms with E-state index in [1.807, 2.05) is 36.4 Å². The van der Waals surface area contributed by atoms with Crippen molar-refractivity contribution in [1.82, 2.24) is 4.98 Å². The summed E-state index contributed by atoms with van der Waals surface area (Å²) in [5.74, 6) is 1.74. The van der Waals surface area contributed by atoms with E-state index in [0.717, 1.165) is 38.6 Å². The molecule has 3 aromatic rings. The van der Waals surface area contributed by atoms with Gasteiger partial charge in [0.15, 0.2) is 0 Å². The van der Waals surface area contributed by atoms with E-state index in [0.29, 0.717) is 6.42 Å². The van der Waals surface area contributed by atoms with Crippen LogP contribution in [-0.2, 0) is 4.79 Å². The summed E-state index contributed by atoms with van der Waals surface area (Å²) in [6, 6.07) is 18.4. The van der Waals surface area contributed by atoms with Crippen LogP contribution in [0.2, 0.25) is 0 Å². The highest BCUT2D eigenvalue weighted by Crippen LogP contribution is 2.33. The molecule has 0 fully saturated rings. The maximum atomic E-state index is 11.2. The van der Waals surface area contributed by atoms with Crippen LogP contribution < -0.4 is 4.74 Å². The number of hydrogen-bond acceptors (Lipinski definition) is 4. The number of ether oxygens (including phenoxy) is 1. The summed E-state index contributed by atoms with van der Waals surface area (Å²) >= 11 is 1.61. The summed E-state index contributed by atoms with van der Waals surface area (Å²) in [5, 5.41) is 2.02. The van der Waals surface area contributed by atoms with E-state index in [1.165, 1.54) is 0 Å². The predicted molar refractivity (Wildman–Crippen MR) is 99.8 cm³/mol. The number of nitrogens with zero attached hydrogens (tertiary/aromatic N) is 1. The molecule has 4 heteroatoms. The first kappa shape index (κ1) is 16.5. The molecule has 3 rings (SSSR count). The maximum absolute atomic E-state index is 11.2. The molecule has 0 spiro atoms. The van der Waals surface area contributed by atoms with Crippen LogP contribution in [0.3, 0.4) is 0 Å². The molecule has 0 aliphatic rings. The molecule has 3 nitrogen and oxygen atoms in total. The monoisotopic (exact) mass is 337 g/mol. The number of pyridine rings is 1. The Bertz CT molecular complexity index is 862. The second-order valence-corrected chi connectivity index (χ2v) is 6.67. The van der Waals surface area contributed by atoms with Gasteiger partial charge < -0.3 is 4.74 Å². The van der Waals surface area contributed by atoms with Crippen LogP contribution in [0.25, 0.3) is 22.0 Å². The molecule has 0 aliphatic carbocycles. The van der Waals surface area contributed by atoms with Gasteiger partial charge in [0.1, 0.15) is 11.5 Å². The second kappa shape index (κ2) is 7.49. The maximum Gasteiger partial charge on any atom is 0.130 e. The van der Waals surface area contributed by atoms with Crippen molar-refractivity contribution >= 4 is 28.4 Å². The van der Waals surface area contributed by atoms with E-state index in [9.17, 15) is 4.79 Å². The minimum Gasteiger partial charge on any atom is -0.497 e. The Morgan fingerprint density at radius 2 is 1.92 bits per heavy atom. The topological polar surface area (TPSA) is 39.2 Å². The molecule has 0 aliphatic heterocycles. The summed E-state index contributed by atoms with van der Waals surface area (Å²) in [6.07, 6.45) is 0.559. The molecule has 0 atom stereocenters. The quantitative estimate of drug-likeness (QED) is 0.595. The number of hydrogen-bond donors (Lipinski definition) is 0. The van der Waals surface area contributed by atoms with Gasteiger partial charge >= 0.3 is 0 Å². The molecule has 1 heterocycles. The lowest BCUT2D eigenvalue weighted by Crippen LogP contribution is -1.94. The van der Waals surface area contributed by atoms with Gasteiger partial charge in [-0.05, 0) is 36.2 Å². The first-order chi connectivity index (χ1) is 11.7. The molecule has 24 heavy (non-hydrogen) atoms. The van der Waals surface area contributed by atoms with Gasteiger partial charge in [-0.2, -0.15) is 0 Å². The fourth-order valence-electron chi connectivity index (χ4n) is 2.54. The number of rotatable bonds is 6. The van der Waals surface area contributed by atoms with Crippen LogP contribution in [0.5, 0.6) is 5.75 Å². The first-order valence-electron chi connectivity index (χ1n) is 7.84.